The van der Waals surface area contributed by atoms with Crippen LogP contribution in [-0.2, 0) is 13.6 Å². The zero-order valence-corrected chi connectivity index (χ0v) is 13.5. The van der Waals surface area contributed by atoms with Crippen molar-refractivity contribution in [2.24, 2.45) is 7.05 Å². The monoisotopic (exact) mass is 322 g/mol. The smallest absolute Gasteiger partial charge is 0.319 e. The highest BCUT2D eigenvalue weighted by molar-refractivity contribution is 5.89. The van der Waals surface area contributed by atoms with Gasteiger partial charge in [0.05, 0.1) is 17.6 Å². The Morgan fingerprint density at radius 3 is 2.79 bits per heavy atom. The molecule has 2 amide bonds. The van der Waals surface area contributed by atoms with Crippen LogP contribution in [0.25, 0.3) is 11.3 Å². The molecule has 0 saturated carbocycles. The Bertz CT molecular complexity index is 858. The van der Waals surface area contributed by atoms with Crippen LogP contribution in [0.5, 0.6) is 0 Å². The molecule has 0 spiro atoms. The molecule has 0 aliphatic carbocycles. The molecule has 0 aliphatic rings. The van der Waals surface area contributed by atoms with Crippen molar-refractivity contribution in [1.82, 2.24) is 25.1 Å². The number of hydrogen-bond acceptors (Lipinski definition) is 4. The number of pyridine rings is 2. The lowest BCUT2D eigenvalue weighted by molar-refractivity contribution is 0.251. The molecule has 3 aromatic heterocycles. The van der Waals surface area contributed by atoms with Gasteiger partial charge >= 0.3 is 6.03 Å². The average molecular weight is 322 g/mol. The Morgan fingerprint density at radius 1 is 1.17 bits per heavy atom. The lowest BCUT2D eigenvalue weighted by Gasteiger charge is -2.10. The first-order chi connectivity index (χ1) is 11.6. The molecule has 0 aliphatic heterocycles. The Morgan fingerprint density at radius 2 is 2.04 bits per heavy atom. The van der Waals surface area contributed by atoms with E-state index < -0.39 is 0 Å². The number of anilines is 1. The van der Waals surface area contributed by atoms with Crippen LogP contribution < -0.4 is 10.6 Å². The van der Waals surface area contributed by atoms with Crippen molar-refractivity contribution in [1.29, 1.82) is 0 Å². The SMILES string of the molecule is Cc1ccncc1NC(=O)NCc1cncc(-c2ccnn2C)c1. The minimum atomic E-state index is -0.281. The molecular weight excluding hydrogens is 304 g/mol. The maximum absolute atomic E-state index is 12.0. The van der Waals surface area contributed by atoms with E-state index in [0.717, 1.165) is 22.4 Å². The van der Waals surface area contributed by atoms with Crippen LogP contribution >= 0.6 is 0 Å². The van der Waals surface area contributed by atoms with Gasteiger partial charge in [-0.25, -0.2) is 4.79 Å². The standard InChI is InChI=1S/C17H18N6O/c1-12-3-5-18-11-15(12)22-17(24)20-9-13-7-14(10-19-8-13)16-4-6-21-23(16)2/h3-8,10-11H,9H2,1-2H3,(H2,20,22,24). The van der Waals surface area contributed by atoms with E-state index in [1.807, 2.05) is 32.2 Å². The maximum atomic E-state index is 12.0. The summed E-state index contributed by atoms with van der Waals surface area (Å²) >= 11 is 0. The molecule has 122 valence electrons. The molecule has 0 aromatic carbocycles. The molecule has 2 N–H and O–H groups in total. The molecule has 24 heavy (non-hydrogen) atoms. The molecule has 0 saturated heterocycles. The van der Waals surface area contributed by atoms with Crippen molar-refractivity contribution in [2.45, 2.75) is 13.5 Å². The van der Waals surface area contributed by atoms with Crippen LogP contribution in [0, 0.1) is 6.92 Å². The van der Waals surface area contributed by atoms with E-state index in [-0.39, 0.29) is 6.03 Å². The van der Waals surface area contributed by atoms with Crippen LogP contribution in [0.1, 0.15) is 11.1 Å². The number of amides is 2. The number of nitrogens with zero attached hydrogens (tertiary/aromatic N) is 4. The van der Waals surface area contributed by atoms with Gasteiger partial charge in [-0.2, -0.15) is 5.10 Å². The fourth-order valence-corrected chi connectivity index (χ4v) is 2.33. The summed E-state index contributed by atoms with van der Waals surface area (Å²) in [4.78, 5) is 20.3. The fourth-order valence-electron chi connectivity index (χ4n) is 2.33. The zero-order chi connectivity index (χ0) is 16.9. The van der Waals surface area contributed by atoms with Crippen molar-refractivity contribution < 1.29 is 4.79 Å². The summed E-state index contributed by atoms with van der Waals surface area (Å²) in [5.74, 6) is 0. The summed E-state index contributed by atoms with van der Waals surface area (Å²) in [6.07, 6.45) is 8.56. The van der Waals surface area contributed by atoms with Gasteiger partial charge in [-0.15, -0.1) is 0 Å². The van der Waals surface area contributed by atoms with Gasteiger partial charge in [-0.05, 0) is 36.2 Å². The quantitative estimate of drug-likeness (QED) is 0.773. The third-order valence-corrected chi connectivity index (χ3v) is 3.65. The molecule has 3 aromatic rings. The van der Waals surface area contributed by atoms with Crippen LogP contribution in [0.15, 0.2) is 49.2 Å². The molecule has 0 unspecified atom stereocenters. The molecule has 0 atom stereocenters. The molecule has 3 heterocycles. The highest BCUT2D eigenvalue weighted by atomic mass is 16.2. The third kappa shape index (κ3) is 3.57. The summed E-state index contributed by atoms with van der Waals surface area (Å²) in [6, 6.07) is 5.47. The molecule has 7 nitrogen and oxygen atoms in total. The number of carbonyl (C=O) groups excluding carboxylic acids is 1. The minimum Gasteiger partial charge on any atom is -0.334 e. The summed E-state index contributed by atoms with van der Waals surface area (Å²) < 4.78 is 1.78. The van der Waals surface area contributed by atoms with Crippen LogP contribution in [0.2, 0.25) is 0 Å². The molecule has 0 radical (unpaired) electrons. The van der Waals surface area contributed by atoms with E-state index in [4.69, 9.17) is 0 Å². The van der Waals surface area contributed by atoms with Crippen molar-refractivity contribution in [3.63, 3.8) is 0 Å². The normalized spacial score (nSPS) is 10.4. The van der Waals surface area contributed by atoms with Gasteiger partial charge in [0.1, 0.15) is 0 Å². The van der Waals surface area contributed by atoms with Gasteiger partial charge in [-0.1, -0.05) is 0 Å². The molecule has 7 heteroatoms. The van der Waals surface area contributed by atoms with Gasteiger partial charge < -0.3 is 10.6 Å². The Balaban J connectivity index is 1.64. The average Bonchev–Trinajstić information content (AvgIpc) is 3.01. The van der Waals surface area contributed by atoms with Gasteiger partial charge in [0.25, 0.3) is 0 Å². The number of hydrogen-bond donors (Lipinski definition) is 2. The first kappa shape index (κ1) is 15.7. The number of urea groups is 1. The van der Waals surface area contributed by atoms with E-state index in [1.54, 1.807) is 35.7 Å². The number of rotatable bonds is 4. The fraction of sp³-hybridized carbons (Fsp3) is 0.176. The summed E-state index contributed by atoms with van der Waals surface area (Å²) in [7, 11) is 1.88. The first-order valence-corrected chi connectivity index (χ1v) is 7.51. The second-order valence-corrected chi connectivity index (χ2v) is 5.42. The Labute approximate surface area is 139 Å². The first-order valence-electron chi connectivity index (χ1n) is 7.51. The van der Waals surface area contributed by atoms with Crippen molar-refractivity contribution in [3.05, 3.63) is 60.3 Å². The van der Waals surface area contributed by atoms with Gasteiger partial charge in [-0.3, -0.25) is 14.6 Å². The molecule has 3 rings (SSSR count). The highest BCUT2D eigenvalue weighted by Gasteiger charge is 2.07. The third-order valence-electron chi connectivity index (χ3n) is 3.65. The van der Waals surface area contributed by atoms with Crippen LogP contribution in [-0.4, -0.2) is 25.8 Å². The predicted octanol–water partition coefficient (Wildman–Crippen LogP) is 2.51. The van der Waals surface area contributed by atoms with Crippen molar-refractivity contribution >= 4 is 11.7 Å². The molecule has 0 bridgehead atoms. The van der Waals surface area contributed by atoms with E-state index >= 15 is 0 Å². The van der Waals surface area contributed by atoms with Crippen LogP contribution in [0.4, 0.5) is 10.5 Å². The molecular formula is C17H18N6O. The highest BCUT2D eigenvalue weighted by Crippen LogP contribution is 2.18. The summed E-state index contributed by atoms with van der Waals surface area (Å²) in [5, 5.41) is 9.76. The number of carbonyl (C=O) groups is 1. The van der Waals surface area contributed by atoms with E-state index in [1.165, 1.54) is 0 Å². The van der Waals surface area contributed by atoms with E-state index in [9.17, 15) is 4.79 Å². The summed E-state index contributed by atoms with van der Waals surface area (Å²) in [5.41, 5.74) is 4.49. The lowest BCUT2D eigenvalue weighted by Crippen LogP contribution is -2.28. The number of aryl methyl sites for hydroxylation is 2. The zero-order valence-electron chi connectivity index (χ0n) is 13.5. The second kappa shape index (κ2) is 6.91. The lowest BCUT2D eigenvalue weighted by atomic mass is 10.1. The number of aromatic nitrogens is 4. The Hall–Kier alpha value is -3.22. The largest absolute Gasteiger partial charge is 0.334 e. The Kier molecular flexibility index (Phi) is 4.51. The van der Waals surface area contributed by atoms with E-state index in [0.29, 0.717) is 12.2 Å². The predicted molar refractivity (Wildman–Crippen MR) is 91.3 cm³/mol. The van der Waals surface area contributed by atoms with E-state index in [2.05, 4.69) is 25.7 Å². The molecule has 0 fully saturated rings. The van der Waals surface area contributed by atoms with Gasteiger partial charge in [0.2, 0.25) is 0 Å². The van der Waals surface area contributed by atoms with Crippen molar-refractivity contribution in [3.8, 4) is 11.3 Å². The minimum absolute atomic E-state index is 0.281. The maximum Gasteiger partial charge on any atom is 0.319 e. The van der Waals surface area contributed by atoms with Crippen LogP contribution in [0.3, 0.4) is 0 Å². The topological polar surface area (TPSA) is 84.7 Å². The van der Waals surface area contributed by atoms with Crippen molar-refractivity contribution in [2.75, 3.05) is 5.32 Å². The van der Waals surface area contributed by atoms with Gasteiger partial charge in [0.15, 0.2) is 0 Å². The summed E-state index contributed by atoms with van der Waals surface area (Å²) in [6.45, 7) is 2.29. The van der Waals surface area contributed by atoms with Gasteiger partial charge in [0, 0.05) is 43.9 Å². The second-order valence-electron chi connectivity index (χ2n) is 5.42. The number of nitrogens with one attached hydrogen (secondary N) is 2.